The zero-order valence-corrected chi connectivity index (χ0v) is 9.53. The molecule has 0 aliphatic carbocycles. The highest BCUT2D eigenvalue weighted by Crippen LogP contribution is 2.21. The average molecular weight is 245 g/mol. The van der Waals surface area contributed by atoms with Gasteiger partial charge in [-0.3, -0.25) is 4.98 Å². The summed E-state index contributed by atoms with van der Waals surface area (Å²) in [6, 6.07) is 1.15. The highest BCUT2D eigenvalue weighted by atomic mass is 35.5. The summed E-state index contributed by atoms with van der Waals surface area (Å²) in [5.41, 5.74) is 1.05. The molecule has 0 spiro atoms. The number of carbonyl (C=O) groups is 1. The molecule has 0 saturated carbocycles. The molecule has 5 nitrogen and oxygen atoms in total. The zero-order valence-electron chi connectivity index (χ0n) is 8.77. The van der Waals surface area contributed by atoms with Crippen molar-refractivity contribution >= 4 is 17.7 Å². The molecule has 1 unspecified atom stereocenters. The number of pyridine rings is 1. The second kappa shape index (κ2) is 5.67. The Balaban J connectivity index is 3.03. The van der Waals surface area contributed by atoms with E-state index < -0.39 is 12.1 Å². The Labute approximate surface area is 98.1 Å². The number of carboxylic acid groups (broad SMARTS) is 1. The third-order valence-electron chi connectivity index (χ3n) is 2.17. The normalized spacial score (nSPS) is 12.2. The van der Waals surface area contributed by atoms with E-state index in [9.17, 15) is 4.79 Å². The number of hydrogen-bond acceptors (Lipinski definition) is 3. The number of aliphatic hydroxyl groups excluding tert-OH is 1. The van der Waals surface area contributed by atoms with Crippen LogP contribution >= 0.6 is 11.6 Å². The predicted molar refractivity (Wildman–Crippen MR) is 59.4 cm³/mol. The topological polar surface area (TPSA) is 82.5 Å². The summed E-state index contributed by atoms with van der Waals surface area (Å²) in [4.78, 5) is 14.6. The highest BCUT2D eigenvalue weighted by molar-refractivity contribution is 6.30. The Morgan fingerprint density at radius 2 is 2.38 bits per heavy atom. The van der Waals surface area contributed by atoms with Gasteiger partial charge in [0.1, 0.15) is 0 Å². The molecule has 1 aromatic rings. The first-order valence-corrected chi connectivity index (χ1v) is 5.20. The molecular formula is C10H13ClN2O3. The van der Waals surface area contributed by atoms with E-state index in [-0.39, 0.29) is 6.61 Å². The molecule has 88 valence electrons. The first kappa shape index (κ1) is 12.7. The van der Waals surface area contributed by atoms with Crippen molar-refractivity contribution in [2.24, 2.45) is 0 Å². The van der Waals surface area contributed by atoms with E-state index in [0.29, 0.717) is 22.7 Å². The van der Waals surface area contributed by atoms with Gasteiger partial charge >= 0.3 is 6.09 Å². The fourth-order valence-electron chi connectivity index (χ4n) is 1.44. The van der Waals surface area contributed by atoms with Crippen molar-refractivity contribution in [3.05, 3.63) is 28.5 Å². The van der Waals surface area contributed by atoms with Crippen LogP contribution in [0.25, 0.3) is 0 Å². The van der Waals surface area contributed by atoms with Gasteiger partial charge in [-0.05, 0) is 12.5 Å². The van der Waals surface area contributed by atoms with Crippen LogP contribution in [0.1, 0.15) is 30.6 Å². The minimum atomic E-state index is -1.12. The van der Waals surface area contributed by atoms with Crippen LogP contribution in [0.5, 0.6) is 0 Å². The number of hydrogen-bond donors (Lipinski definition) is 3. The molecule has 6 heteroatoms. The fourth-order valence-corrected chi connectivity index (χ4v) is 1.63. The van der Waals surface area contributed by atoms with E-state index in [2.05, 4.69) is 10.3 Å². The van der Waals surface area contributed by atoms with Crippen LogP contribution in [-0.2, 0) is 6.61 Å². The van der Waals surface area contributed by atoms with Gasteiger partial charge in [0, 0.05) is 11.8 Å². The molecule has 0 aliphatic heterocycles. The molecule has 0 aromatic carbocycles. The van der Waals surface area contributed by atoms with Gasteiger partial charge in [0.2, 0.25) is 0 Å². The van der Waals surface area contributed by atoms with Crippen LogP contribution in [0.3, 0.4) is 0 Å². The lowest BCUT2D eigenvalue weighted by atomic mass is 10.1. The van der Waals surface area contributed by atoms with Crippen LogP contribution in [-0.4, -0.2) is 21.3 Å². The van der Waals surface area contributed by atoms with Gasteiger partial charge in [-0.15, -0.1) is 0 Å². The summed E-state index contributed by atoms with van der Waals surface area (Å²) in [7, 11) is 0. The lowest BCUT2D eigenvalue weighted by molar-refractivity contribution is 0.189. The Morgan fingerprint density at radius 3 is 2.88 bits per heavy atom. The van der Waals surface area contributed by atoms with Crippen LogP contribution in [0.4, 0.5) is 4.79 Å². The molecule has 1 heterocycles. The molecule has 1 atom stereocenters. The van der Waals surface area contributed by atoms with Crippen molar-refractivity contribution < 1.29 is 15.0 Å². The van der Waals surface area contributed by atoms with Crippen molar-refractivity contribution in [2.75, 3.05) is 0 Å². The number of amides is 1. The maximum Gasteiger partial charge on any atom is 0.405 e. The van der Waals surface area contributed by atoms with Crippen molar-refractivity contribution in [1.82, 2.24) is 10.3 Å². The molecule has 3 N–H and O–H groups in total. The quantitative estimate of drug-likeness (QED) is 0.756. The number of nitrogens with zero attached hydrogens (tertiary/aromatic N) is 1. The van der Waals surface area contributed by atoms with E-state index in [1.807, 2.05) is 6.92 Å². The summed E-state index contributed by atoms with van der Waals surface area (Å²) in [6.45, 7) is 1.61. The summed E-state index contributed by atoms with van der Waals surface area (Å²) >= 11 is 5.74. The SMILES string of the molecule is CCC(NC(=O)O)c1ncc(Cl)cc1CO. The monoisotopic (exact) mass is 244 g/mol. The molecule has 0 radical (unpaired) electrons. The van der Waals surface area contributed by atoms with Gasteiger partial charge in [0.25, 0.3) is 0 Å². The van der Waals surface area contributed by atoms with Crippen LogP contribution < -0.4 is 5.32 Å². The van der Waals surface area contributed by atoms with Crippen LogP contribution in [0.2, 0.25) is 5.02 Å². The van der Waals surface area contributed by atoms with Crippen molar-refractivity contribution in [1.29, 1.82) is 0 Å². The summed E-state index contributed by atoms with van der Waals surface area (Å²) in [5.74, 6) is 0. The van der Waals surface area contributed by atoms with Crippen molar-refractivity contribution in [2.45, 2.75) is 26.0 Å². The third kappa shape index (κ3) is 3.08. The molecule has 16 heavy (non-hydrogen) atoms. The minimum Gasteiger partial charge on any atom is -0.465 e. The smallest absolute Gasteiger partial charge is 0.405 e. The maximum absolute atomic E-state index is 10.6. The van der Waals surface area contributed by atoms with E-state index >= 15 is 0 Å². The Hall–Kier alpha value is -1.33. The molecule has 0 bridgehead atoms. The lowest BCUT2D eigenvalue weighted by Crippen LogP contribution is -2.27. The van der Waals surface area contributed by atoms with Crippen molar-refractivity contribution in [3.63, 3.8) is 0 Å². The fraction of sp³-hybridized carbons (Fsp3) is 0.400. The van der Waals surface area contributed by atoms with Gasteiger partial charge in [-0.25, -0.2) is 4.79 Å². The lowest BCUT2D eigenvalue weighted by Gasteiger charge is -2.17. The number of rotatable bonds is 4. The van der Waals surface area contributed by atoms with E-state index in [1.54, 1.807) is 6.07 Å². The van der Waals surface area contributed by atoms with Crippen molar-refractivity contribution in [3.8, 4) is 0 Å². The second-order valence-corrected chi connectivity index (χ2v) is 3.70. The molecule has 0 aliphatic rings. The Bertz CT molecular complexity index is 384. The van der Waals surface area contributed by atoms with Gasteiger partial charge < -0.3 is 15.5 Å². The summed E-state index contributed by atoms with van der Waals surface area (Å²) < 4.78 is 0. The second-order valence-electron chi connectivity index (χ2n) is 3.27. The molecule has 0 fully saturated rings. The maximum atomic E-state index is 10.6. The number of nitrogens with one attached hydrogen (secondary N) is 1. The standard InChI is InChI=1S/C10H13ClN2O3/c1-2-8(13-10(15)16)9-6(5-14)3-7(11)4-12-9/h3-4,8,13-14H,2,5H2,1H3,(H,15,16). The molecule has 1 amide bonds. The zero-order chi connectivity index (χ0) is 12.1. The summed E-state index contributed by atoms with van der Waals surface area (Å²) in [5, 5.41) is 20.6. The van der Waals surface area contributed by atoms with E-state index in [0.717, 1.165) is 0 Å². The number of halogens is 1. The molecule has 0 saturated heterocycles. The largest absolute Gasteiger partial charge is 0.465 e. The molecule has 1 rings (SSSR count). The Kier molecular flexibility index (Phi) is 4.52. The average Bonchev–Trinajstić information content (AvgIpc) is 2.25. The first-order valence-electron chi connectivity index (χ1n) is 4.83. The van der Waals surface area contributed by atoms with Crippen LogP contribution in [0.15, 0.2) is 12.3 Å². The minimum absolute atomic E-state index is 0.222. The van der Waals surface area contributed by atoms with Gasteiger partial charge in [-0.1, -0.05) is 18.5 Å². The highest BCUT2D eigenvalue weighted by Gasteiger charge is 2.17. The molecular weight excluding hydrogens is 232 g/mol. The van der Waals surface area contributed by atoms with Gasteiger partial charge in [0.05, 0.1) is 23.4 Å². The van der Waals surface area contributed by atoms with Gasteiger partial charge in [0.15, 0.2) is 0 Å². The number of aliphatic hydroxyl groups is 1. The number of aromatic nitrogens is 1. The first-order chi connectivity index (χ1) is 7.58. The molecule has 1 aromatic heterocycles. The third-order valence-corrected chi connectivity index (χ3v) is 2.38. The van der Waals surface area contributed by atoms with Gasteiger partial charge in [-0.2, -0.15) is 0 Å². The predicted octanol–water partition coefficient (Wildman–Crippen LogP) is 1.95. The summed E-state index contributed by atoms with van der Waals surface area (Å²) in [6.07, 6.45) is 0.864. The van der Waals surface area contributed by atoms with E-state index in [1.165, 1.54) is 6.20 Å². The Morgan fingerprint density at radius 1 is 1.69 bits per heavy atom. The van der Waals surface area contributed by atoms with E-state index in [4.69, 9.17) is 21.8 Å². The van der Waals surface area contributed by atoms with Crippen LogP contribution in [0, 0.1) is 0 Å².